The monoisotopic (exact) mass is 231 g/mol. The average molecular weight is 231 g/mol. The highest BCUT2D eigenvalue weighted by Crippen LogP contribution is 2.35. The zero-order valence-corrected chi connectivity index (χ0v) is 10.1. The zero-order valence-electron chi connectivity index (χ0n) is 9.33. The molecule has 0 aliphatic heterocycles. The van der Waals surface area contributed by atoms with Gasteiger partial charge in [-0.3, -0.25) is 4.79 Å². The Balaban J connectivity index is 2.26. The lowest BCUT2D eigenvalue weighted by molar-refractivity contribution is 0.857. The maximum Gasteiger partial charge on any atom is 0.305 e. The molecule has 1 aliphatic rings. The van der Waals surface area contributed by atoms with Crippen molar-refractivity contribution in [2.75, 3.05) is 0 Å². The van der Waals surface area contributed by atoms with Gasteiger partial charge in [0, 0.05) is 0 Å². The number of aromatic amines is 1. The third-order valence-corrected chi connectivity index (χ3v) is 3.96. The predicted molar refractivity (Wildman–Crippen MR) is 69.0 cm³/mol. The van der Waals surface area contributed by atoms with Crippen molar-refractivity contribution in [3.63, 3.8) is 0 Å². The van der Waals surface area contributed by atoms with Gasteiger partial charge in [-0.1, -0.05) is 31.3 Å². The highest BCUT2D eigenvalue weighted by Gasteiger charge is 2.18. The summed E-state index contributed by atoms with van der Waals surface area (Å²) in [6.45, 7) is 4.42. The molecule has 2 nitrogen and oxygen atoms in total. The molecule has 0 saturated carbocycles. The van der Waals surface area contributed by atoms with E-state index < -0.39 is 0 Å². The fourth-order valence-electron chi connectivity index (χ4n) is 2.35. The number of thiazole rings is 1. The van der Waals surface area contributed by atoms with Gasteiger partial charge >= 0.3 is 4.87 Å². The zero-order chi connectivity index (χ0) is 11.3. The van der Waals surface area contributed by atoms with Crippen LogP contribution in [0.2, 0.25) is 0 Å². The predicted octanol–water partition coefficient (Wildman–Crippen LogP) is 3.19. The van der Waals surface area contributed by atoms with Crippen LogP contribution in [0.1, 0.15) is 25.0 Å². The van der Waals surface area contributed by atoms with E-state index in [9.17, 15) is 4.79 Å². The van der Waals surface area contributed by atoms with Crippen LogP contribution >= 0.6 is 11.3 Å². The third kappa shape index (κ3) is 1.35. The van der Waals surface area contributed by atoms with Gasteiger partial charge in [0.2, 0.25) is 0 Å². The first kappa shape index (κ1) is 9.85. The van der Waals surface area contributed by atoms with Crippen molar-refractivity contribution >= 4 is 27.1 Å². The number of aromatic nitrogens is 1. The quantitative estimate of drug-likeness (QED) is 0.803. The van der Waals surface area contributed by atoms with Crippen molar-refractivity contribution in [1.82, 2.24) is 4.98 Å². The normalized spacial score (nSPS) is 14.6. The molecule has 0 spiro atoms. The van der Waals surface area contributed by atoms with Gasteiger partial charge in [-0.15, -0.1) is 0 Å². The maximum atomic E-state index is 11.3. The van der Waals surface area contributed by atoms with E-state index in [-0.39, 0.29) is 4.87 Å². The Labute approximate surface area is 97.6 Å². The number of rotatable bonds is 1. The van der Waals surface area contributed by atoms with Gasteiger partial charge in [0.25, 0.3) is 0 Å². The minimum Gasteiger partial charge on any atom is -0.312 e. The first-order chi connectivity index (χ1) is 7.65. The van der Waals surface area contributed by atoms with Crippen LogP contribution < -0.4 is 4.87 Å². The van der Waals surface area contributed by atoms with Gasteiger partial charge in [-0.05, 0) is 41.2 Å². The summed E-state index contributed by atoms with van der Waals surface area (Å²) in [5, 5.41) is 0. The van der Waals surface area contributed by atoms with Crippen LogP contribution in [0.15, 0.2) is 23.0 Å². The molecule has 0 fully saturated rings. The van der Waals surface area contributed by atoms with E-state index in [1.165, 1.54) is 28.0 Å². The summed E-state index contributed by atoms with van der Waals surface area (Å²) in [7, 11) is 0. The number of fused-ring (bicyclic) bond motifs is 2. The van der Waals surface area contributed by atoms with Gasteiger partial charge in [0.1, 0.15) is 0 Å². The summed E-state index contributed by atoms with van der Waals surface area (Å²) in [5.74, 6) is 0.545. The van der Waals surface area contributed by atoms with Crippen LogP contribution in [0.25, 0.3) is 15.8 Å². The standard InChI is InChI=1S/C13H13NOS/c1-7(2)9-4-3-8-5-12-11(6-10(8)9)14-13(15)16-12/h4-7H,3H2,1-2H3,(H,14,15). The lowest BCUT2D eigenvalue weighted by Crippen LogP contribution is -1.93. The van der Waals surface area contributed by atoms with Crippen molar-refractivity contribution in [2.45, 2.75) is 20.3 Å². The van der Waals surface area contributed by atoms with E-state index >= 15 is 0 Å². The molecule has 3 rings (SSSR count). The minimum absolute atomic E-state index is 0.0359. The Morgan fingerprint density at radius 1 is 1.38 bits per heavy atom. The summed E-state index contributed by atoms with van der Waals surface area (Å²) in [6.07, 6.45) is 3.31. The van der Waals surface area contributed by atoms with Gasteiger partial charge in [0.15, 0.2) is 0 Å². The van der Waals surface area contributed by atoms with Crippen LogP contribution in [0.4, 0.5) is 0 Å². The highest BCUT2D eigenvalue weighted by atomic mass is 32.1. The molecular weight excluding hydrogens is 218 g/mol. The molecule has 0 atom stereocenters. The van der Waals surface area contributed by atoms with Crippen LogP contribution in [0.5, 0.6) is 0 Å². The van der Waals surface area contributed by atoms with E-state index in [0.717, 1.165) is 16.6 Å². The Bertz CT molecular complexity index is 645. The summed E-state index contributed by atoms with van der Waals surface area (Å²) in [5.41, 5.74) is 5.05. The van der Waals surface area contributed by atoms with E-state index in [1.807, 2.05) is 0 Å². The fraction of sp³-hybridized carbons (Fsp3) is 0.308. The Morgan fingerprint density at radius 2 is 2.19 bits per heavy atom. The fourth-order valence-corrected chi connectivity index (χ4v) is 3.14. The third-order valence-electron chi connectivity index (χ3n) is 3.12. The van der Waals surface area contributed by atoms with Crippen LogP contribution in [0, 0.1) is 5.92 Å². The molecule has 1 aliphatic carbocycles. The summed E-state index contributed by atoms with van der Waals surface area (Å²) in [4.78, 5) is 14.2. The number of nitrogens with one attached hydrogen (secondary N) is 1. The van der Waals surface area contributed by atoms with E-state index in [4.69, 9.17) is 0 Å². The lowest BCUT2D eigenvalue weighted by atomic mass is 9.97. The summed E-state index contributed by atoms with van der Waals surface area (Å²) < 4.78 is 1.07. The second-order valence-corrected chi connectivity index (χ2v) is 5.55. The van der Waals surface area contributed by atoms with Gasteiger partial charge in [-0.25, -0.2) is 0 Å². The average Bonchev–Trinajstić information content (AvgIpc) is 2.74. The number of benzene rings is 1. The smallest absolute Gasteiger partial charge is 0.305 e. The number of hydrogen-bond acceptors (Lipinski definition) is 2. The van der Waals surface area contributed by atoms with Gasteiger partial charge in [-0.2, -0.15) is 0 Å². The Morgan fingerprint density at radius 3 is 2.94 bits per heavy atom. The van der Waals surface area contributed by atoms with Crippen molar-refractivity contribution in [3.8, 4) is 0 Å². The molecule has 1 N–H and O–H groups in total. The highest BCUT2D eigenvalue weighted by molar-refractivity contribution is 7.16. The van der Waals surface area contributed by atoms with Crippen LogP contribution in [-0.2, 0) is 6.42 Å². The van der Waals surface area contributed by atoms with Crippen LogP contribution in [-0.4, -0.2) is 4.98 Å². The molecule has 0 unspecified atom stereocenters. The lowest BCUT2D eigenvalue weighted by Gasteiger charge is -2.09. The molecule has 0 radical (unpaired) electrons. The molecule has 0 amide bonds. The first-order valence-electron chi connectivity index (χ1n) is 5.51. The van der Waals surface area contributed by atoms with Crippen LogP contribution in [0.3, 0.4) is 0 Å². The molecule has 1 aromatic heterocycles. The number of hydrogen-bond donors (Lipinski definition) is 1. The number of H-pyrrole nitrogens is 1. The second kappa shape index (κ2) is 3.32. The van der Waals surface area contributed by atoms with E-state index in [2.05, 4.69) is 37.0 Å². The topological polar surface area (TPSA) is 32.9 Å². The Kier molecular flexibility index (Phi) is 2.04. The van der Waals surface area contributed by atoms with Crippen molar-refractivity contribution in [1.29, 1.82) is 0 Å². The maximum absolute atomic E-state index is 11.3. The molecule has 16 heavy (non-hydrogen) atoms. The van der Waals surface area contributed by atoms with Crippen molar-refractivity contribution in [3.05, 3.63) is 39.0 Å². The van der Waals surface area contributed by atoms with Crippen molar-refractivity contribution in [2.24, 2.45) is 5.92 Å². The minimum atomic E-state index is 0.0359. The SMILES string of the molecule is CC(C)C1=CCc2cc3sc(=O)[nH]c3cc21. The van der Waals surface area contributed by atoms with E-state index in [0.29, 0.717) is 5.92 Å². The Hall–Kier alpha value is -1.35. The molecule has 0 saturated heterocycles. The summed E-state index contributed by atoms with van der Waals surface area (Å²) in [6, 6.07) is 4.28. The van der Waals surface area contributed by atoms with E-state index in [1.54, 1.807) is 0 Å². The summed E-state index contributed by atoms with van der Waals surface area (Å²) >= 11 is 1.29. The molecule has 3 heteroatoms. The van der Waals surface area contributed by atoms with Gasteiger partial charge < -0.3 is 4.98 Å². The number of allylic oxidation sites excluding steroid dienone is 2. The molecule has 0 bridgehead atoms. The molecule has 1 aromatic carbocycles. The van der Waals surface area contributed by atoms with Crippen molar-refractivity contribution < 1.29 is 0 Å². The van der Waals surface area contributed by atoms with Gasteiger partial charge in [0.05, 0.1) is 10.2 Å². The second-order valence-electron chi connectivity index (χ2n) is 4.54. The molecular formula is C13H13NOS. The largest absolute Gasteiger partial charge is 0.312 e. The first-order valence-corrected chi connectivity index (χ1v) is 6.33. The molecule has 2 aromatic rings. The molecule has 1 heterocycles. The molecule has 82 valence electrons.